The first-order valence-corrected chi connectivity index (χ1v) is 13.2. The second-order valence-electron chi connectivity index (χ2n) is 9.26. The molecule has 13 heteroatoms. The normalized spacial score (nSPS) is 24.9. The van der Waals surface area contributed by atoms with Crippen molar-refractivity contribution in [3.63, 3.8) is 0 Å². The van der Waals surface area contributed by atoms with Gasteiger partial charge in [0.15, 0.2) is 0 Å². The maximum atomic E-state index is 13.7. The minimum Gasteiger partial charge on any atom is -0.462 e. The highest BCUT2D eigenvalue weighted by molar-refractivity contribution is 7.52. The number of H-pyrrole nitrogens is 1. The first kappa shape index (κ1) is 26.3. The fourth-order valence-corrected chi connectivity index (χ4v) is 5.67. The molecular weight excluding hydrogens is 493 g/mol. The average Bonchev–Trinajstić information content (AvgIpc) is 3.56. The Kier molecular flexibility index (Phi) is 7.53. The van der Waals surface area contributed by atoms with E-state index in [1.54, 1.807) is 44.2 Å². The summed E-state index contributed by atoms with van der Waals surface area (Å²) in [7, 11) is -4.16. The molecule has 0 bridgehead atoms. The average molecular weight is 523 g/mol. The summed E-state index contributed by atoms with van der Waals surface area (Å²) in [4.78, 5) is 38.3. The quantitative estimate of drug-likeness (QED) is 0.309. The van der Waals surface area contributed by atoms with Gasteiger partial charge < -0.3 is 19.1 Å². The molecule has 3 N–H and O–H groups in total. The number of aliphatic hydroxyl groups is 1. The van der Waals surface area contributed by atoms with Crippen LogP contribution in [0.3, 0.4) is 0 Å². The Morgan fingerprint density at radius 2 is 1.94 bits per heavy atom. The van der Waals surface area contributed by atoms with Crippen molar-refractivity contribution in [2.24, 2.45) is 5.41 Å². The number of aliphatic hydroxyl groups excluding tert-OH is 1. The first-order chi connectivity index (χ1) is 17.0. The van der Waals surface area contributed by atoms with E-state index in [0.29, 0.717) is 12.8 Å². The van der Waals surface area contributed by atoms with Gasteiger partial charge in [0.1, 0.15) is 24.1 Å². The molecule has 1 aromatic heterocycles. The lowest BCUT2D eigenvalue weighted by Crippen LogP contribution is -2.37. The van der Waals surface area contributed by atoms with Crippen LogP contribution in [0.4, 0.5) is 0 Å². The summed E-state index contributed by atoms with van der Waals surface area (Å²) < 4.78 is 37.3. The molecule has 0 radical (unpaired) electrons. The van der Waals surface area contributed by atoms with Crippen LogP contribution in [0.2, 0.25) is 0 Å². The molecule has 1 saturated carbocycles. The molecule has 2 fully saturated rings. The molecule has 5 atom stereocenters. The number of para-hydroxylation sites is 1. The summed E-state index contributed by atoms with van der Waals surface area (Å²) in [5, 5.41) is 13.6. The van der Waals surface area contributed by atoms with Gasteiger partial charge >= 0.3 is 19.4 Å². The van der Waals surface area contributed by atoms with Gasteiger partial charge in [-0.15, -0.1) is 0 Å². The topological polar surface area (TPSA) is 158 Å². The molecule has 2 heterocycles. The van der Waals surface area contributed by atoms with Crippen molar-refractivity contribution in [1.29, 1.82) is 0 Å². The van der Waals surface area contributed by atoms with Gasteiger partial charge in [-0.05, 0) is 45.7 Å². The standard InChI is InChI=1S/C23H30N3O9P/c1-14(2)33-20(29)15(3)25-36(31,35-16-7-5-4-6-8-16)32-13-17-19(28)23(10-11-23)21(34-17)26-12-9-18(27)24-22(26)30/h4-9,12,14-15,17,19,21,28H,10-11,13H2,1-3H3,(H,25,31)(H,24,27,30)/t15-,17+,19+,21+,36?/m0/s1. The number of rotatable bonds is 10. The zero-order valence-electron chi connectivity index (χ0n) is 20.2. The maximum Gasteiger partial charge on any atom is 0.459 e. The van der Waals surface area contributed by atoms with E-state index in [9.17, 15) is 24.1 Å². The van der Waals surface area contributed by atoms with Crippen LogP contribution < -0.4 is 20.9 Å². The van der Waals surface area contributed by atoms with Crippen molar-refractivity contribution < 1.29 is 33.0 Å². The number of aromatic nitrogens is 2. The highest BCUT2D eigenvalue weighted by Crippen LogP contribution is 2.62. The lowest BCUT2D eigenvalue weighted by Gasteiger charge is -2.25. The van der Waals surface area contributed by atoms with Crippen LogP contribution in [-0.2, 0) is 23.4 Å². The number of ether oxygens (including phenoxy) is 2. The Hall–Kier alpha value is -2.76. The summed E-state index contributed by atoms with van der Waals surface area (Å²) in [6.07, 6.45) is -0.701. The van der Waals surface area contributed by atoms with E-state index >= 15 is 0 Å². The number of nitrogens with one attached hydrogen (secondary N) is 2. The fraction of sp³-hybridized carbons (Fsp3) is 0.522. The Morgan fingerprint density at radius 3 is 2.56 bits per heavy atom. The van der Waals surface area contributed by atoms with E-state index in [2.05, 4.69) is 10.1 Å². The molecule has 2 aromatic rings. The molecule has 1 aliphatic heterocycles. The van der Waals surface area contributed by atoms with Crippen molar-refractivity contribution in [1.82, 2.24) is 14.6 Å². The molecule has 0 amide bonds. The molecule has 2 aliphatic rings. The van der Waals surface area contributed by atoms with Gasteiger partial charge in [-0.1, -0.05) is 18.2 Å². The van der Waals surface area contributed by atoms with Gasteiger partial charge in [0.05, 0.1) is 18.8 Å². The number of hydrogen-bond donors (Lipinski definition) is 3. The molecule has 1 saturated heterocycles. The predicted octanol–water partition coefficient (Wildman–Crippen LogP) is 1.71. The molecule has 12 nitrogen and oxygen atoms in total. The van der Waals surface area contributed by atoms with Gasteiger partial charge in [-0.3, -0.25) is 23.7 Å². The van der Waals surface area contributed by atoms with Crippen LogP contribution in [0.1, 0.15) is 39.8 Å². The molecule has 1 spiro atoms. The van der Waals surface area contributed by atoms with Crippen molar-refractivity contribution >= 4 is 13.7 Å². The summed E-state index contributed by atoms with van der Waals surface area (Å²) in [5.41, 5.74) is -1.94. The second-order valence-corrected chi connectivity index (χ2v) is 11.0. The zero-order chi connectivity index (χ0) is 26.1. The Labute approximate surface area is 207 Å². The van der Waals surface area contributed by atoms with Crippen LogP contribution in [-0.4, -0.2) is 51.6 Å². The molecule has 36 heavy (non-hydrogen) atoms. The van der Waals surface area contributed by atoms with Crippen LogP contribution in [0, 0.1) is 5.41 Å². The van der Waals surface area contributed by atoms with Crippen LogP contribution in [0.5, 0.6) is 5.75 Å². The van der Waals surface area contributed by atoms with Gasteiger partial charge in [-0.2, -0.15) is 5.09 Å². The van der Waals surface area contributed by atoms with Crippen LogP contribution >= 0.6 is 7.75 Å². The highest BCUT2D eigenvalue weighted by Gasteiger charge is 2.64. The summed E-state index contributed by atoms with van der Waals surface area (Å²) >= 11 is 0. The number of aromatic amines is 1. The zero-order valence-corrected chi connectivity index (χ0v) is 21.1. The number of carbonyl (C=O) groups is 1. The second kappa shape index (κ2) is 10.3. The Balaban J connectivity index is 1.51. The van der Waals surface area contributed by atoms with Gasteiger partial charge in [0, 0.05) is 17.7 Å². The number of carbonyl (C=O) groups excluding carboxylic acids is 1. The van der Waals surface area contributed by atoms with Gasteiger partial charge in [-0.25, -0.2) is 9.36 Å². The number of benzene rings is 1. The monoisotopic (exact) mass is 523 g/mol. The van der Waals surface area contributed by atoms with Crippen molar-refractivity contribution in [2.45, 2.75) is 64.2 Å². The molecule has 1 unspecified atom stereocenters. The minimum absolute atomic E-state index is 0.238. The Morgan fingerprint density at radius 1 is 1.25 bits per heavy atom. The van der Waals surface area contributed by atoms with E-state index in [1.807, 2.05) is 0 Å². The molecule has 1 aliphatic carbocycles. The van der Waals surface area contributed by atoms with E-state index < -0.39 is 54.9 Å². The third kappa shape index (κ3) is 5.63. The number of esters is 1. The van der Waals surface area contributed by atoms with E-state index in [-0.39, 0.29) is 18.5 Å². The maximum absolute atomic E-state index is 13.7. The lowest BCUT2D eigenvalue weighted by molar-refractivity contribution is -0.149. The van der Waals surface area contributed by atoms with Crippen LogP contribution in [0.15, 0.2) is 52.2 Å². The third-order valence-electron chi connectivity index (χ3n) is 6.10. The summed E-state index contributed by atoms with van der Waals surface area (Å²) in [6.45, 7) is 4.49. The van der Waals surface area contributed by atoms with E-state index in [4.69, 9.17) is 18.5 Å². The summed E-state index contributed by atoms with van der Waals surface area (Å²) in [5.74, 6) is -0.404. The largest absolute Gasteiger partial charge is 0.462 e. The van der Waals surface area contributed by atoms with E-state index in [1.165, 1.54) is 23.8 Å². The smallest absolute Gasteiger partial charge is 0.459 e. The van der Waals surface area contributed by atoms with E-state index in [0.717, 1.165) is 0 Å². The SMILES string of the molecule is CC(C)OC(=O)[C@H](C)NP(=O)(OC[C@H]1O[C@@H](n2ccc(=O)[nH]c2=O)C2(CC2)[C@@H]1O)Oc1ccccc1. The molecule has 1 aromatic carbocycles. The van der Waals surface area contributed by atoms with Gasteiger partial charge in [0.2, 0.25) is 0 Å². The summed E-state index contributed by atoms with van der Waals surface area (Å²) in [6, 6.07) is 8.44. The van der Waals surface area contributed by atoms with Crippen molar-refractivity contribution in [2.75, 3.05) is 6.61 Å². The van der Waals surface area contributed by atoms with Crippen molar-refractivity contribution in [3.8, 4) is 5.75 Å². The van der Waals surface area contributed by atoms with Crippen LogP contribution in [0.25, 0.3) is 0 Å². The minimum atomic E-state index is -4.16. The van der Waals surface area contributed by atoms with Crippen molar-refractivity contribution in [3.05, 3.63) is 63.4 Å². The molecule has 4 rings (SSSR count). The number of hydrogen-bond acceptors (Lipinski definition) is 9. The Bertz CT molecular complexity index is 1240. The first-order valence-electron chi connectivity index (χ1n) is 11.7. The van der Waals surface area contributed by atoms with Gasteiger partial charge in [0.25, 0.3) is 5.56 Å². The number of nitrogens with zero attached hydrogens (tertiary/aromatic N) is 1. The third-order valence-corrected chi connectivity index (χ3v) is 7.75. The predicted molar refractivity (Wildman–Crippen MR) is 127 cm³/mol. The fourth-order valence-electron chi connectivity index (χ4n) is 4.17. The molecule has 196 valence electrons. The highest BCUT2D eigenvalue weighted by atomic mass is 31.2. The lowest BCUT2D eigenvalue weighted by atomic mass is 9.96. The molecular formula is C23H30N3O9P.